The molecule has 1 aliphatic rings. The van der Waals surface area contributed by atoms with Crippen LogP contribution in [0, 0.1) is 0 Å². The van der Waals surface area contributed by atoms with Crippen LogP contribution in [0.1, 0.15) is 53.9 Å². The molecule has 3 rings (SSSR count). The van der Waals surface area contributed by atoms with E-state index in [1.165, 1.54) is 31.2 Å². The van der Waals surface area contributed by atoms with E-state index < -0.39 is 0 Å². The number of Topliss-reactive ketones (excluding diaryl/α,β-unsaturated/α-hetero) is 1. The van der Waals surface area contributed by atoms with Crippen LogP contribution in [0.15, 0.2) is 60.7 Å². The molecule has 120 valence electrons. The summed E-state index contributed by atoms with van der Waals surface area (Å²) in [6.07, 6.45) is 5.57. The molecule has 0 N–H and O–H groups in total. The van der Waals surface area contributed by atoms with Crippen LogP contribution in [0.3, 0.4) is 0 Å². The fraction of sp³-hybridized carbons (Fsp3) is 0.381. The van der Waals surface area contributed by atoms with Crippen molar-refractivity contribution in [3.63, 3.8) is 0 Å². The maximum absolute atomic E-state index is 12.6. The minimum atomic E-state index is 0.269. The second kappa shape index (κ2) is 7.47. The molecule has 0 atom stereocenters. The van der Waals surface area contributed by atoms with Crippen molar-refractivity contribution < 1.29 is 4.79 Å². The fourth-order valence-electron chi connectivity index (χ4n) is 3.67. The third-order valence-corrected chi connectivity index (χ3v) is 8.16. The SMILES string of the molecule is C[Se]C1(CC(=O)c2ccccc2)CCC(c2ccccc2)CC1. The predicted octanol–water partition coefficient (Wildman–Crippen LogP) is 5.53. The standard InChI is InChI=1S/C21H24OSe/c1-23-21(16-20(22)19-10-6-3-7-11-19)14-12-18(13-15-21)17-8-4-2-5-9-17/h2-11,18H,12-16H2,1H3. The summed E-state index contributed by atoms with van der Waals surface area (Å²) in [6, 6.07) is 20.7. The Labute approximate surface area is 145 Å². The van der Waals surface area contributed by atoms with Crippen LogP contribution in [0.4, 0.5) is 0 Å². The van der Waals surface area contributed by atoms with E-state index in [1.807, 2.05) is 30.3 Å². The van der Waals surface area contributed by atoms with Crippen molar-refractivity contribution in [2.75, 3.05) is 0 Å². The second-order valence-electron chi connectivity index (χ2n) is 6.54. The Morgan fingerprint density at radius 2 is 1.57 bits per heavy atom. The Morgan fingerprint density at radius 1 is 1.00 bits per heavy atom. The average molecular weight is 371 g/mol. The molecule has 0 radical (unpaired) electrons. The van der Waals surface area contributed by atoms with Crippen LogP contribution < -0.4 is 0 Å². The molecule has 0 spiro atoms. The summed E-state index contributed by atoms with van der Waals surface area (Å²) in [4.78, 5) is 12.6. The van der Waals surface area contributed by atoms with E-state index in [-0.39, 0.29) is 4.31 Å². The summed E-state index contributed by atoms with van der Waals surface area (Å²) in [5, 5.41) is 0. The molecule has 0 bridgehead atoms. The number of benzene rings is 2. The van der Waals surface area contributed by atoms with Gasteiger partial charge in [-0.15, -0.1) is 0 Å². The first kappa shape index (κ1) is 16.5. The zero-order valence-electron chi connectivity index (χ0n) is 13.7. The molecular formula is C21H24OSe. The molecule has 1 nitrogen and oxygen atoms in total. The summed E-state index contributed by atoms with van der Waals surface area (Å²) in [5.41, 5.74) is 2.35. The summed E-state index contributed by atoms with van der Waals surface area (Å²) < 4.78 is 0.269. The Balaban J connectivity index is 1.66. The number of carbonyl (C=O) groups is 1. The van der Waals surface area contributed by atoms with Gasteiger partial charge in [0.1, 0.15) is 0 Å². The van der Waals surface area contributed by atoms with E-state index >= 15 is 0 Å². The van der Waals surface area contributed by atoms with Gasteiger partial charge in [-0.25, -0.2) is 0 Å². The van der Waals surface area contributed by atoms with Crippen molar-refractivity contribution in [2.45, 2.75) is 48.2 Å². The van der Waals surface area contributed by atoms with Gasteiger partial charge < -0.3 is 0 Å². The topological polar surface area (TPSA) is 17.1 Å². The van der Waals surface area contributed by atoms with E-state index in [1.54, 1.807) is 0 Å². The first-order chi connectivity index (χ1) is 11.2. The molecule has 0 aliphatic heterocycles. The quantitative estimate of drug-likeness (QED) is 0.499. The van der Waals surface area contributed by atoms with Crippen LogP contribution >= 0.6 is 0 Å². The van der Waals surface area contributed by atoms with Crippen LogP contribution in [0.2, 0.25) is 10.1 Å². The van der Waals surface area contributed by atoms with Crippen LogP contribution in [0.25, 0.3) is 0 Å². The molecule has 0 unspecified atom stereocenters. The zero-order chi connectivity index (χ0) is 16.1. The summed E-state index contributed by atoms with van der Waals surface area (Å²) in [6.45, 7) is 0. The fourth-order valence-corrected chi connectivity index (χ4v) is 5.60. The predicted molar refractivity (Wildman–Crippen MR) is 97.4 cm³/mol. The van der Waals surface area contributed by atoms with E-state index in [9.17, 15) is 4.79 Å². The third-order valence-electron chi connectivity index (χ3n) is 5.18. The van der Waals surface area contributed by atoms with Gasteiger partial charge in [0.2, 0.25) is 0 Å². The van der Waals surface area contributed by atoms with Gasteiger partial charge in [-0.2, -0.15) is 0 Å². The maximum atomic E-state index is 12.6. The molecule has 2 aromatic rings. The summed E-state index contributed by atoms with van der Waals surface area (Å²) >= 11 is 0.513. The van der Waals surface area contributed by atoms with Crippen molar-refractivity contribution in [3.8, 4) is 0 Å². The van der Waals surface area contributed by atoms with Crippen molar-refractivity contribution in [3.05, 3.63) is 71.8 Å². The van der Waals surface area contributed by atoms with Gasteiger partial charge in [0.15, 0.2) is 0 Å². The van der Waals surface area contributed by atoms with Crippen LogP contribution in [-0.2, 0) is 0 Å². The van der Waals surface area contributed by atoms with E-state index in [0.717, 1.165) is 12.0 Å². The first-order valence-electron chi connectivity index (χ1n) is 8.41. The van der Waals surface area contributed by atoms with E-state index in [2.05, 4.69) is 36.2 Å². The van der Waals surface area contributed by atoms with Crippen LogP contribution in [-0.4, -0.2) is 20.7 Å². The zero-order valence-corrected chi connectivity index (χ0v) is 15.4. The third kappa shape index (κ3) is 3.94. The number of hydrogen-bond acceptors (Lipinski definition) is 1. The molecule has 2 aromatic carbocycles. The van der Waals surface area contributed by atoms with Gasteiger partial charge in [-0.1, -0.05) is 0 Å². The Bertz CT molecular complexity index is 627. The average Bonchev–Trinajstić information content (AvgIpc) is 2.64. The number of carbonyl (C=O) groups excluding carboxylic acids is 1. The molecule has 1 saturated carbocycles. The molecule has 1 fully saturated rings. The van der Waals surface area contributed by atoms with Gasteiger partial charge >= 0.3 is 145 Å². The van der Waals surface area contributed by atoms with Gasteiger partial charge in [0, 0.05) is 0 Å². The first-order valence-corrected chi connectivity index (χ1v) is 11.0. The van der Waals surface area contributed by atoms with E-state index in [4.69, 9.17) is 0 Å². The minimum absolute atomic E-state index is 0.269. The Morgan fingerprint density at radius 3 is 2.13 bits per heavy atom. The van der Waals surface area contributed by atoms with E-state index in [0.29, 0.717) is 26.7 Å². The van der Waals surface area contributed by atoms with Crippen molar-refractivity contribution in [2.24, 2.45) is 0 Å². The van der Waals surface area contributed by atoms with Gasteiger partial charge in [-0.3, -0.25) is 0 Å². The molecular weight excluding hydrogens is 347 g/mol. The number of rotatable bonds is 5. The normalized spacial score (nSPS) is 24.3. The Kier molecular flexibility index (Phi) is 5.35. The number of ketones is 1. The van der Waals surface area contributed by atoms with Crippen molar-refractivity contribution in [1.82, 2.24) is 0 Å². The molecule has 23 heavy (non-hydrogen) atoms. The molecule has 0 heterocycles. The molecule has 0 aromatic heterocycles. The number of hydrogen-bond donors (Lipinski definition) is 0. The van der Waals surface area contributed by atoms with Crippen molar-refractivity contribution >= 4 is 20.7 Å². The molecule has 0 amide bonds. The monoisotopic (exact) mass is 372 g/mol. The summed E-state index contributed by atoms with van der Waals surface area (Å²) in [5.74, 6) is 3.32. The van der Waals surface area contributed by atoms with Gasteiger partial charge in [0.25, 0.3) is 0 Å². The van der Waals surface area contributed by atoms with Gasteiger partial charge in [0.05, 0.1) is 0 Å². The van der Waals surface area contributed by atoms with Crippen molar-refractivity contribution in [1.29, 1.82) is 0 Å². The molecule has 0 saturated heterocycles. The summed E-state index contributed by atoms with van der Waals surface area (Å²) in [7, 11) is 0. The molecule has 1 aliphatic carbocycles. The molecule has 2 heteroatoms. The van der Waals surface area contributed by atoms with Crippen LogP contribution in [0.5, 0.6) is 0 Å². The Hall–Kier alpha value is -1.37. The second-order valence-corrected chi connectivity index (χ2v) is 9.21. The van der Waals surface area contributed by atoms with Gasteiger partial charge in [-0.05, 0) is 0 Å².